The second-order valence-electron chi connectivity index (χ2n) is 5.05. The third-order valence-corrected chi connectivity index (χ3v) is 3.79. The Morgan fingerprint density at radius 3 is 2.73 bits per heavy atom. The molecule has 7 nitrogen and oxygen atoms in total. The number of hydrogen-bond donors (Lipinski definition) is 1. The van der Waals surface area contributed by atoms with Gasteiger partial charge in [0.15, 0.2) is 0 Å². The van der Waals surface area contributed by atoms with Crippen molar-refractivity contribution in [1.29, 1.82) is 0 Å². The summed E-state index contributed by atoms with van der Waals surface area (Å²) >= 11 is 6.06. The van der Waals surface area contributed by atoms with E-state index in [2.05, 4.69) is 5.32 Å². The number of nitrogens with zero attached hydrogens (tertiary/aromatic N) is 2. The zero-order valence-corrected chi connectivity index (χ0v) is 13.1. The highest BCUT2D eigenvalue weighted by molar-refractivity contribution is 6.33. The fourth-order valence-electron chi connectivity index (χ4n) is 2.32. The van der Waals surface area contributed by atoms with E-state index >= 15 is 0 Å². The lowest BCUT2D eigenvalue weighted by molar-refractivity contribution is -0.384. The van der Waals surface area contributed by atoms with E-state index in [1.807, 2.05) is 0 Å². The van der Waals surface area contributed by atoms with Crippen LogP contribution >= 0.6 is 11.6 Å². The summed E-state index contributed by atoms with van der Waals surface area (Å²) in [6.07, 6.45) is 0.340. The van der Waals surface area contributed by atoms with Gasteiger partial charge in [-0.1, -0.05) is 11.6 Å². The largest absolute Gasteiger partial charge is 0.383 e. The lowest BCUT2D eigenvalue weighted by Gasteiger charge is -2.27. The minimum Gasteiger partial charge on any atom is -0.383 e. The standard InChI is InChI=1S/C14H18ClN3O4/c1-10-8-11(18(20)21)9-12(15)14(10)16-3-2-13(19)17-4-6-22-7-5-17/h8-9,16H,2-7H2,1H3. The van der Waals surface area contributed by atoms with Gasteiger partial charge in [0.25, 0.3) is 5.69 Å². The van der Waals surface area contributed by atoms with Crippen LogP contribution in [0.5, 0.6) is 0 Å². The molecule has 0 radical (unpaired) electrons. The number of nitro benzene ring substituents is 1. The zero-order valence-electron chi connectivity index (χ0n) is 12.3. The Bertz CT molecular complexity index is 550. The zero-order chi connectivity index (χ0) is 16.1. The average Bonchev–Trinajstić information content (AvgIpc) is 2.50. The van der Waals surface area contributed by atoms with E-state index in [9.17, 15) is 14.9 Å². The first kappa shape index (κ1) is 16.5. The van der Waals surface area contributed by atoms with Gasteiger partial charge in [0.05, 0.1) is 28.8 Å². The lowest BCUT2D eigenvalue weighted by atomic mass is 10.1. The van der Waals surface area contributed by atoms with Gasteiger partial charge < -0.3 is 15.0 Å². The Morgan fingerprint density at radius 2 is 2.14 bits per heavy atom. The number of halogens is 1. The van der Waals surface area contributed by atoms with Crippen LogP contribution in [-0.4, -0.2) is 48.6 Å². The summed E-state index contributed by atoms with van der Waals surface area (Å²) in [5.41, 5.74) is 1.26. The van der Waals surface area contributed by atoms with Crippen molar-refractivity contribution >= 4 is 28.9 Å². The predicted molar refractivity (Wildman–Crippen MR) is 83.3 cm³/mol. The molecule has 1 fully saturated rings. The van der Waals surface area contributed by atoms with Crippen molar-refractivity contribution in [3.63, 3.8) is 0 Å². The molecule has 120 valence electrons. The maximum atomic E-state index is 12.0. The van der Waals surface area contributed by atoms with Gasteiger partial charge in [-0.3, -0.25) is 14.9 Å². The highest BCUT2D eigenvalue weighted by Gasteiger charge is 2.17. The summed E-state index contributed by atoms with van der Waals surface area (Å²) in [7, 11) is 0. The number of nitrogens with one attached hydrogen (secondary N) is 1. The minimum absolute atomic E-state index is 0.0440. The fraction of sp³-hybridized carbons (Fsp3) is 0.500. The van der Waals surface area contributed by atoms with Crippen molar-refractivity contribution < 1.29 is 14.5 Å². The molecule has 1 aliphatic heterocycles. The van der Waals surface area contributed by atoms with Crippen molar-refractivity contribution in [3.05, 3.63) is 32.8 Å². The van der Waals surface area contributed by atoms with Crippen LogP contribution in [0, 0.1) is 17.0 Å². The maximum absolute atomic E-state index is 12.0. The molecule has 1 aliphatic rings. The van der Waals surface area contributed by atoms with Crippen LogP contribution in [0.2, 0.25) is 5.02 Å². The highest BCUT2D eigenvalue weighted by Crippen LogP contribution is 2.30. The second-order valence-corrected chi connectivity index (χ2v) is 5.45. The number of carbonyl (C=O) groups is 1. The summed E-state index contributed by atoms with van der Waals surface area (Å²) in [4.78, 5) is 24.1. The van der Waals surface area contributed by atoms with Crippen molar-refractivity contribution in [3.8, 4) is 0 Å². The van der Waals surface area contributed by atoms with E-state index < -0.39 is 4.92 Å². The number of anilines is 1. The first-order chi connectivity index (χ1) is 10.5. The van der Waals surface area contributed by atoms with Crippen LogP contribution in [-0.2, 0) is 9.53 Å². The molecule has 0 saturated carbocycles. The Kier molecular flexibility index (Phi) is 5.57. The average molecular weight is 328 g/mol. The van der Waals surface area contributed by atoms with Gasteiger partial charge in [-0.25, -0.2) is 0 Å². The number of aryl methyl sites for hydroxylation is 1. The summed E-state index contributed by atoms with van der Waals surface area (Å²) in [6, 6.07) is 2.76. The van der Waals surface area contributed by atoms with Gasteiger partial charge >= 0.3 is 0 Å². The normalized spacial score (nSPS) is 14.7. The molecule has 1 heterocycles. The molecule has 0 aromatic heterocycles. The van der Waals surface area contributed by atoms with Crippen LogP contribution in [0.3, 0.4) is 0 Å². The third kappa shape index (κ3) is 4.08. The van der Waals surface area contributed by atoms with Gasteiger partial charge in [-0.2, -0.15) is 0 Å². The Balaban J connectivity index is 1.91. The van der Waals surface area contributed by atoms with E-state index in [4.69, 9.17) is 16.3 Å². The van der Waals surface area contributed by atoms with Gasteiger partial charge in [-0.15, -0.1) is 0 Å². The predicted octanol–water partition coefficient (Wildman–Crippen LogP) is 2.22. The van der Waals surface area contributed by atoms with Crippen LogP contribution in [0.1, 0.15) is 12.0 Å². The van der Waals surface area contributed by atoms with E-state index in [-0.39, 0.29) is 16.6 Å². The Hall–Kier alpha value is -1.86. The van der Waals surface area contributed by atoms with Gasteiger partial charge in [0.2, 0.25) is 5.91 Å². The summed E-state index contributed by atoms with van der Waals surface area (Å²) in [5.74, 6) is 0.0616. The second kappa shape index (κ2) is 7.42. The van der Waals surface area contributed by atoms with E-state index in [0.29, 0.717) is 50.5 Å². The number of nitro groups is 1. The van der Waals surface area contributed by atoms with E-state index in [1.165, 1.54) is 12.1 Å². The molecule has 1 aromatic carbocycles. The number of benzene rings is 1. The summed E-state index contributed by atoms with van der Waals surface area (Å²) in [5, 5.41) is 14.1. The fourth-order valence-corrected chi connectivity index (χ4v) is 2.65. The summed E-state index contributed by atoms with van der Waals surface area (Å²) in [6.45, 7) is 4.56. The molecule has 0 aliphatic carbocycles. The number of ether oxygens (including phenoxy) is 1. The van der Waals surface area contributed by atoms with Gasteiger partial charge in [0.1, 0.15) is 0 Å². The quantitative estimate of drug-likeness (QED) is 0.662. The molecule has 22 heavy (non-hydrogen) atoms. The Labute approximate surface area is 133 Å². The lowest BCUT2D eigenvalue weighted by Crippen LogP contribution is -2.41. The molecule has 8 heteroatoms. The molecular formula is C14H18ClN3O4. The molecule has 1 saturated heterocycles. The van der Waals surface area contributed by atoms with Gasteiger partial charge in [-0.05, 0) is 12.5 Å². The topological polar surface area (TPSA) is 84.7 Å². The van der Waals surface area contributed by atoms with Gasteiger partial charge in [0, 0.05) is 38.2 Å². The summed E-state index contributed by atoms with van der Waals surface area (Å²) < 4.78 is 5.20. The van der Waals surface area contributed by atoms with Crippen molar-refractivity contribution in [2.75, 3.05) is 38.2 Å². The molecule has 1 amide bonds. The molecule has 1 aromatic rings. The van der Waals surface area contributed by atoms with E-state index in [0.717, 1.165) is 0 Å². The molecule has 0 atom stereocenters. The number of amides is 1. The highest BCUT2D eigenvalue weighted by atomic mass is 35.5. The minimum atomic E-state index is -0.482. The molecular weight excluding hydrogens is 310 g/mol. The monoisotopic (exact) mass is 327 g/mol. The van der Waals surface area contributed by atoms with Crippen LogP contribution < -0.4 is 5.32 Å². The molecule has 1 N–H and O–H groups in total. The number of rotatable bonds is 5. The number of hydrogen-bond acceptors (Lipinski definition) is 5. The number of morpholine rings is 1. The van der Waals surface area contributed by atoms with E-state index in [1.54, 1.807) is 11.8 Å². The molecule has 0 bridgehead atoms. The van der Waals surface area contributed by atoms with Crippen LogP contribution in [0.15, 0.2) is 12.1 Å². The molecule has 0 unspecified atom stereocenters. The van der Waals surface area contributed by atoms with Crippen molar-refractivity contribution in [2.45, 2.75) is 13.3 Å². The van der Waals surface area contributed by atoms with Crippen molar-refractivity contribution in [2.24, 2.45) is 0 Å². The third-order valence-electron chi connectivity index (χ3n) is 3.49. The number of non-ortho nitro benzene ring substituents is 1. The first-order valence-electron chi connectivity index (χ1n) is 7.03. The number of carbonyl (C=O) groups excluding carboxylic acids is 1. The SMILES string of the molecule is Cc1cc([N+](=O)[O-])cc(Cl)c1NCCC(=O)N1CCOCC1. The molecule has 2 rings (SSSR count). The van der Waals surface area contributed by atoms with Crippen molar-refractivity contribution in [1.82, 2.24) is 4.90 Å². The smallest absolute Gasteiger partial charge is 0.271 e. The van der Waals surface area contributed by atoms with Crippen LogP contribution in [0.4, 0.5) is 11.4 Å². The Morgan fingerprint density at radius 1 is 1.45 bits per heavy atom. The maximum Gasteiger partial charge on any atom is 0.271 e. The van der Waals surface area contributed by atoms with Crippen LogP contribution in [0.25, 0.3) is 0 Å². The first-order valence-corrected chi connectivity index (χ1v) is 7.41. The molecule has 0 spiro atoms.